The van der Waals surface area contributed by atoms with Gasteiger partial charge in [-0.2, -0.15) is 0 Å². The van der Waals surface area contributed by atoms with Gasteiger partial charge in [-0.25, -0.2) is 9.78 Å². The molecule has 1 saturated heterocycles. The summed E-state index contributed by atoms with van der Waals surface area (Å²) in [4.78, 5) is 33.5. The van der Waals surface area contributed by atoms with E-state index >= 15 is 0 Å². The Bertz CT molecular complexity index is 533. The Morgan fingerprint density at radius 2 is 2.36 bits per heavy atom. The molecule has 1 unspecified atom stereocenters. The molecule has 0 bridgehead atoms. The molecule has 22 heavy (non-hydrogen) atoms. The Morgan fingerprint density at radius 3 is 3.09 bits per heavy atom. The van der Waals surface area contributed by atoms with Gasteiger partial charge in [-0.15, -0.1) is 0 Å². The molecule has 1 N–H and O–H groups in total. The van der Waals surface area contributed by atoms with E-state index in [2.05, 4.69) is 24.9 Å². The van der Waals surface area contributed by atoms with Gasteiger partial charge in [0.1, 0.15) is 5.82 Å². The van der Waals surface area contributed by atoms with Crippen LogP contribution in [-0.2, 0) is 14.3 Å². The predicted octanol–water partition coefficient (Wildman–Crippen LogP) is 0.538. The molecule has 7 heteroatoms. The van der Waals surface area contributed by atoms with Crippen molar-refractivity contribution in [2.75, 3.05) is 31.6 Å². The van der Waals surface area contributed by atoms with Crippen molar-refractivity contribution in [3.05, 3.63) is 30.7 Å². The summed E-state index contributed by atoms with van der Waals surface area (Å²) in [5.41, 5.74) is 0. The van der Waals surface area contributed by atoms with Gasteiger partial charge >= 0.3 is 5.97 Å². The molecule has 1 aliphatic rings. The maximum atomic E-state index is 12.2. The molecule has 2 rings (SSSR count). The minimum absolute atomic E-state index is 0.0110. The van der Waals surface area contributed by atoms with E-state index < -0.39 is 5.97 Å². The van der Waals surface area contributed by atoms with Crippen LogP contribution in [0.2, 0.25) is 0 Å². The molecular weight excluding hydrogens is 284 g/mol. The molecule has 1 fully saturated rings. The third-order valence-corrected chi connectivity index (χ3v) is 3.51. The molecule has 2 heterocycles. The molecule has 1 amide bonds. The average molecular weight is 304 g/mol. The van der Waals surface area contributed by atoms with Crippen LogP contribution in [0.3, 0.4) is 0 Å². The number of ether oxygens (including phenoxy) is 1. The molecule has 1 aliphatic heterocycles. The average Bonchev–Trinajstić information content (AvgIpc) is 2.59. The summed E-state index contributed by atoms with van der Waals surface area (Å²) in [5.74, 6) is 0.275. The third-order valence-electron chi connectivity index (χ3n) is 3.51. The van der Waals surface area contributed by atoms with E-state index in [1.807, 2.05) is 0 Å². The summed E-state index contributed by atoms with van der Waals surface area (Å²) in [7, 11) is 1.31. The minimum Gasteiger partial charge on any atom is -0.466 e. The molecule has 0 aliphatic carbocycles. The lowest BCUT2D eigenvalue weighted by molar-refractivity contribution is -0.135. The van der Waals surface area contributed by atoms with E-state index in [0.29, 0.717) is 13.1 Å². The molecule has 0 saturated carbocycles. The van der Waals surface area contributed by atoms with Crippen LogP contribution < -0.4 is 10.2 Å². The van der Waals surface area contributed by atoms with Crippen LogP contribution in [0.5, 0.6) is 0 Å². The zero-order valence-corrected chi connectivity index (χ0v) is 12.6. The number of aromatic nitrogens is 2. The zero-order valence-electron chi connectivity index (χ0n) is 12.6. The van der Waals surface area contributed by atoms with Crippen molar-refractivity contribution in [3.8, 4) is 0 Å². The van der Waals surface area contributed by atoms with Crippen molar-refractivity contribution in [1.82, 2.24) is 15.3 Å². The van der Waals surface area contributed by atoms with E-state index in [0.717, 1.165) is 25.2 Å². The van der Waals surface area contributed by atoms with Crippen molar-refractivity contribution in [2.45, 2.75) is 12.8 Å². The number of rotatable bonds is 5. The molecule has 1 aromatic heterocycles. The van der Waals surface area contributed by atoms with E-state index in [4.69, 9.17) is 0 Å². The first-order valence-electron chi connectivity index (χ1n) is 7.24. The number of carbonyl (C=O) groups excluding carboxylic acids is 2. The van der Waals surface area contributed by atoms with Gasteiger partial charge in [0, 0.05) is 38.1 Å². The van der Waals surface area contributed by atoms with Crippen molar-refractivity contribution in [3.63, 3.8) is 0 Å². The number of methoxy groups -OCH3 is 1. The quantitative estimate of drug-likeness (QED) is 0.631. The number of carbonyl (C=O) groups is 2. The summed E-state index contributed by atoms with van der Waals surface area (Å²) >= 11 is 0. The molecule has 0 spiro atoms. The summed E-state index contributed by atoms with van der Waals surface area (Å²) in [6, 6.07) is 0. The van der Waals surface area contributed by atoms with Crippen LogP contribution in [-0.4, -0.2) is 48.6 Å². The largest absolute Gasteiger partial charge is 0.466 e. The van der Waals surface area contributed by atoms with Gasteiger partial charge in [0.25, 0.3) is 0 Å². The number of esters is 1. The maximum absolute atomic E-state index is 12.2. The summed E-state index contributed by atoms with van der Waals surface area (Å²) in [5, 5.41) is 2.81. The molecule has 0 aromatic carbocycles. The number of anilines is 1. The fraction of sp³-hybridized carbons (Fsp3) is 0.467. The molecule has 1 aromatic rings. The number of amides is 1. The second-order valence-corrected chi connectivity index (χ2v) is 5.02. The van der Waals surface area contributed by atoms with E-state index in [1.54, 1.807) is 24.7 Å². The van der Waals surface area contributed by atoms with Crippen molar-refractivity contribution in [2.24, 2.45) is 5.92 Å². The van der Waals surface area contributed by atoms with Crippen LogP contribution in [0, 0.1) is 5.92 Å². The van der Waals surface area contributed by atoms with Crippen LogP contribution in [0.25, 0.3) is 0 Å². The Kier molecular flexibility index (Phi) is 5.88. The smallest absolute Gasteiger partial charge is 0.330 e. The van der Waals surface area contributed by atoms with Crippen LogP contribution >= 0.6 is 0 Å². The highest BCUT2D eigenvalue weighted by Crippen LogP contribution is 2.20. The maximum Gasteiger partial charge on any atom is 0.330 e. The molecule has 0 radical (unpaired) electrons. The molecule has 118 valence electrons. The first-order valence-corrected chi connectivity index (χ1v) is 7.24. The third kappa shape index (κ3) is 4.54. The Labute approximate surface area is 129 Å². The SMILES string of the molecule is COC(=O)/C=C/CNC(=O)C1CCCN(c2cnccn2)C1. The minimum atomic E-state index is -0.430. The van der Waals surface area contributed by atoms with E-state index in [-0.39, 0.29) is 11.8 Å². The topological polar surface area (TPSA) is 84.4 Å². The first kappa shape index (κ1) is 15.9. The fourth-order valence-corrected chi connectivity index (χ4v) is 2.38. The summed E-state index contributed by atoms with van der Waals surface area (Å²) < 4.78 is 4.48. The van der Waals surface area contributed by atoms with Crippen LogP contribution in [0.1, 0.15) is 12.8 Å². The number of piperidine rings is 1. The predicted molar refractivity (Wildman–Crippen MR) is 81.1 cm³/mol. The second kappa shape index (κ2) is 8.11. The Balaban J connectivity index is 1.83. The highest BCUT2D eigenvalue weighted by atomic mass is 16.5. The van der Waals surface area contributed by atoms with Crippen LogP contribution in [0.4, 0.5) is 5.82 Å². The molecule has 1 atom stereocenters. The van der Waals surface area contributed by atoms with Crippen LogP contribution in [0.15, 0.2) is 30.7 Å². The molecular formula is C15H20N4O3. The first-order chi connectivity index (χ1) is 10.7. The van der Waals surface area contributed by atoms with Gasteiger partial charge < -0.3 is 15.0 Å². The number of nitrogens with one attached hydrogen (secondary N) is 1. The van der Waals surface area contributed by atoms with E-state index in [1.165, 1.54) is 13.2 Å². The summed E-state index contributed by atoms with van der Waals surface area (Å²) in [6.45, 7) is 1.82. The summed E-state index contributed by atoms with van der Waals surface area (Å²) in [6.07, 6.45) is 9.65. The fourth-order valence-electron chi connectivity index (χ4n) is 2.38. The zero-order chi connectivity index (χ0) is 15.8. The Hall–Kier alpha value is -2.44. The van der Waals surface area contributed by atoms with Gasteiger partial charge in [0.15, 0.2) is 0 Å². The normalized spacial score (nSPS) is 18.2. The van der Waals surface area contributed by atoms with Gasteiger partial charge in [0.05, 0.1) is 19.2 Å². The highest BCUT2D eigenvalue weighted by Gasteiger charge is 2.26. The Morgan fingerprint density at radius 1 is 1.50 bits per heavy atom. The highest BCUT2D eigenvalue weighted by molar-refractivity contribution is 5.82. The van der Waals surface area contributed by atoms with Gasteiger partial charge in [-0.1, -0.05) is 6.08 Å². The lowest BCUT2D eigenvalue weighted by Gasteiger charge is -2.32. The number of nitrogens with zero attached hydrogens (tertiary/aromatic N) is 3. The number of hydrogen-bond acceptors (Lipinski definition) is 6. The van der Waals surface area contributed by atoms with Crippen molar-refractivity contribution < 1.29 is 14.3 Å². The van der Waals surface area contributed by atoms with Gasteiger partial charge in [-0.3, -0.25) is 9.78 Å². The monoisotopic (exact) mass is 304 g/mol. The lowest BCUT2D eigenvalue weighted by atomic mass is 9.97. The lowest BCUT2D eigenvalue weighted by Crippen LogP contribution is -2.43. The standard InChI is InChI=1S/C15H20N4O3/c1-22-14(20)5-2-6-18-15(21)12-4-3-9-19(11-12)13-10-16-7-8-17-13/h2,5,7-8,10,12H,3-4,6,9,11H2,1H3,(H,18,21)/b5-2+. The van der Waals surface area contributed by atoms with Crippen molar-refractivity contribution in [1.29, 1.82) is 0 Å². The van der Waals surface area contributed by atoms with Crippen molar-refractivity contribution >= 4 is 17.7 Å². The van der Waals surface area contributed by atoms with Gasteiger partial charge in [-0.05, 0) is 12.8 Å². The van der Waals surface area contributed by atoms with Gasteiger partial charge in [0.2, 0.25) is 5.91 Å². The second-order valence-electron chi connectivity index (χ2n) is 5.02. The molecule has 7 nitrogen and oxygen atoms in total. The number of hydrogen-bond donors (Lipinski definition) is 1. The van der Waals surface area contributed by atoms with E-state index in [9.17, 15) is 9.59 Å².